The molecule has 1 atom stereocenters. The molecule has 0 saturated heterocycles. The fourth-order valence-electron chi connectivity index (χ4n) is 2.07. The molecule has 0 aromatic heterocycles. The summed E-state index contributed by atoms with van der Waals surface area (Å²) < 4.78 is 18.5. The Morgan fingerprint density at radius 1 is 1.19 bits per heavy atom. The zero-order chi connectivity index (χ0) is 15.2. The van der Waals surface area contributed by atoms with Crippen molar-refractivity contribution in [1.29, 1.82) is 0 Å². The molecule has 0 amide bonds. The quantitative estimate of drug-likeness (QED) is 0.833. The maximum absolute atomic E-state index is 12.8. The van der Waals surface area contributed by atoms with E-state index in [0.717, 1.165) is 17.7 Å². The van der Waals surface area contributed by atoms with Crippen LogP contribution in [0.25, 0.3) is 0 Å². The Hall–Kier alpha value is -1.58. The van der Waals surface area contributed by atoms with Crippen molar-refractivity contribution in [3.63, 3.8) is 0 Å². The van der Waals surface area contributed by atoms with Crippen LogP contribution in [0.4, 0.5) is 4.39 Å². The van der Waals surface area contributed by atoms with Gasteiger partial charge in [0, 0.05) is 6.04 Å². The summed E-state index contributed by atoms with van der Waals surface area (Å²) in [4.78, 5) is 0. The minimum absolute atomic E-state index is 0.249. The van der Waals surface area contributed by atoms with Crippen LogP contribution in [0.3, 0.4) is 0 Å². The van der Waals surface area contributed by atoms with Gasteiger partial charge >= 0.3 is 0 Å². The second kappa shape index (κ2) is 7.43. The second-order valence-electron chi connectivity index (χ2n) is 4.88. The number of halogens is 2. The van der Waals surface area contributed by atoms with E-state index < -0.39 is 0 Å². The molecule has 2 aromatic rings. The van der Waals surface area contributed by atoms with Gasteiger partial charge in [0.25, 0.3) is 0 Å². The second-order valence-corrected chi connectivity index (χ2v) is 5.29. The van der Waals surface area contributed by atoms with Crippen LogP contribution in [0, 0.1) is 5.82 Å². The van der Waals surface area contributed by atoms with Gasteiger partial charge in [-0.15, -0.1) is 0 Å². The summed E-state index contributed by atoms with van der Waals surface area (Å²) >= 11 is 6.25. The number of rotatable bonds is 6. The number of benzene rings is 2. The number of nitrogens with one attached hydrogen (secondary N) is 1. The molecule has 1 unspecified atom stereocenters. The maximum Gasteiger partial charge on any atom is 0.138 e. The molecule has 0 aliphatic carbocycles. The van der Waals surface area contributed by atoms with Crippen LogP contribution >= 0.6 is 11.6 Å². The Kier molecular flexibility index (Phi) is 5.59. The Balaban J connectivity index is 2.02. The van der Waals surface area contributed by atoms with E-state index in [0.29, 0.717) is 17.4 Å². The molecule has 2 aromatic carbocycles. The molecule has 0 heterocycles. The predicted molar refractivity (Wildman–Crippen MR) is 84.3 cm³/mol. The molecule has 0 aliphatic rings. The van der Waals surface area contributed by atoms with Crippen LogP contribution in [-0.2, 0) is 6.61 Å². The first kappa shape index (κ1) is 15.8. The zero-order valence-corrected chi connectivity index (χ0v) is 13.0. The van der Waals surface area contributed by atoms with Gasteiger partial charge < -0.3 is 10.1 Å². The van der Waals surface area contributed by atoms with Crippen LogP contribution < -0.4 is 10.1 Å². The molecule has 0 bridgehead atoms. The van der Waals surface area contributed by atoms with Crippen molar-refractivity contribution in [2.24, 2.45) is 0 Å². The normalized spacial score (nSPS) is 12.2. The first-order chi connectivity index (χ1) is 10.1. The molecular weight excluding hydrogens is 289 g/mol. The van der Waals surface area contributed by atoms with E-state index in [1.807, 2.05) is 18.2 Å². The highest BCUT2D eigenvalue weighted by atomic mass is 35.5. The van der Waals surface area contributed by atoms with E-state index in [9.17, 15) is 4.39 Å². The summed E-state index contributed by atoms with van der Waals surface area (Å²) in [5, 5.41) is 3.92. The molecule has 112 valence electrons. The third-order valence-electron chi connectivity index (χ3n) is 3.27. The van der Waals surface area contributed by atoms with Crippen LogP contribution in [0.1, 0.15) is 31.0 Å². The number of hydrogen-bond acceptors (Lipinski definition) is 2. The van der Waals surface area contributed by atoms with Crippen molar-refractivity contribution in [2.45, 2.75) is 26.5 Å². The highest BCUT2D eigenvalue weighted by molar-refractivity contribution is 6.32. The van der Waals surface area contributed by atoms with Crippen molar-refractivity contribution in [3.8, 4) is 5.75 Å². The van der Waals surface area contributed by atoms with Crippen LogP contribution in [0.5, 0.6) is 5.75 Å². The Bertz CT molecular complexity index is 586. The molecule has 21 heavy (non-hydrogen) atoms. The highest BCUT2D eigenvalue weighted by Crippen LogP contribution is 2.28. The van der Waals surface area contributed by atoms with Crippen molar-refractivity contribution in [2.75, 3.05) is 6.54 Å². The fraction of sp³-hybridized carbons (Fsp3) is 0.294. The Morgan fingerprint density at radius 3 is 2.52 bits per heavy atom. The van der Waals surface area contributed by atoms with Gasteiger partial charge in [0.1, 0.15) is 18.2 Å². The molecular formula is C17H19ClFNO. The summed E-state index contributed by atoms with van der Waals surface area (Å²) in [5.41, 5.74) is 2.02. The smallest absolute Gasteiger partial charge is 0.138 e. The van der Waals surface area contributed by atoms with Gasteiger partial charge in [-0.05, 0) is 48.9 Å². The van der Waals surface area contributed by atoms with E-state index in [1.165, 1.54) is 12.1 Å². The number of ether oxygens (including phenoxy) is 1. The van der Waals surface area contributed by atoms with Gasteiger partial charge in [-0.25, -0.2) is 4.39 Å². The molecule has 0 fully saturated rings. The van der Waals surface area contributed by atoms with Gasteiger partial charge in [-0.3, -0.25) is 0 Å². The van der Waals surface area contributed by atoms with Gasteiger partial charge in [0.05, 0.1) is 5.02 Å². The Morgan fingerprint density at radius 2 is 1.90 bits per heavy atom. The summed E-state index contributed by atoms with van der Waals surface area (Å²) in [6.45, 7) is 5.43. The summed E-state index contributed by atoms with van der Waals surface area (Å²) in [6, 6.07) is 12.3. The van der Waals surface area contributed by atoms with E-state index >= 15 is 0 Å². The zero-order valence-electron chi connectivity index (χ0n) is 12.2. The molecule has 4 heteroatoms. The standard InChI is InChI=1S/C17H19ClFNO/c1-3-20-12(2)14-6-9-17(16(18)10-14)21-11-13-4-7-15(19)8-5-13/h4-10,12,20H,3,11H2,1-2H3. The minimum Gasteiger partial charge on any atom is -0.487 e. The molecule has 0 radical (unpaired) electrons. The van der Waals surface area contributed by atoms with Gasteiger partial charge in [0.15, 0.2) is 0 Å². The maximum atomic E-state index is 12.8. The van der Waals surface area contributed by atoms with E-state index in [-0.39, 0.29) is 11.9 Å². The van der Waals surface area contributed by atoms with Crippen LogP contribution in [0.15, 0.2) is 42.5 Å². The molecule has 2 nitrogen and oxygen atoms in total. The van der Waals surface area contributed by atoms with E-state index in [4.69, 9.17) is 16.3 Å². The minimum atomic E-state index is -0.251. The Labute approximate surface area is 129 Å². The first-order valence-corrected chi connectivity index (χ1v) is 7.38. The third kappa shape index (κ3) is 4.45. The summed E-state index contributed by atoms with van der Waals surface area (Å²) in [5.74, 6) is 0.381. The van der Waals surface area contributed by atoms with Crippen LogP contribution in [-0.4, -0.2) is 6.54 Å². The van der Waals surface area contributed by atoms with E-state index in [2.05, 4.69) is 19.2 Å². The lowest BCUT2D eigenvalue weighted by molar-refractivity contribution is 0.306. The number of hydrogen-bond donors (Lipinski definition) is 1. The lowest BCUT2D eigenvalue weighted by atomic mass is 10.1. The van der Waals surface area contributed by atoms with Gasteiger partial charge in [-0.2, -0.15) is 0 Å². The monoisotopic (exact) mass is 307 g/mol. The molecule has 0 spiro atoms. The largest absolute Gasteiger partial charge is 0.487 e. The average Bonchev–Trinajstić information content (AvgIpc) is 2.48. The SMILES string of the molecule is CCNC(C)c1ccc(OCc2ccc(F)cc2)c(Cl)c1. The predicted octanol–water partition coefficient (Wildman–Crippen LogP) is 4.73. The molecule has 0 aliphatic heterocycles. The summed E-state index contributed by atoms with van der Waals surface area (Å²) in [6.07, 6.45) is 0. The van der Waals surface area contributed by atoms with Gasteiger partial charge in [-0.1, -0.05) is 36.7 Å². The highest BCUT2D eigenvalue weighted by Gasteiger charge is 2.08. The molecule has 1 N–H and O–H groups in total. The average molecular weight is 308 g/mol. The van der Waals surface area contributed by atoms with Crippen molar-refractivity contribution < 1.29 is 9.13 Å². The molecule has 0 saturated carbocycles. The lowest BCUT2D eigenvalue weighted by Crippen LogP contribution is -2.17. The van der Waals surface area contributed by atoms with Crippen LogP contribution in [0.2, 0.25) is 5.02 Å². The van der Waals surface area contributed by atoms with Crippen molar-refractivity contribution >= 4 is 11.6 Å². The van der Waals surface area contributed by atoms with Crippen molar-refractivity contribution in [3.05, 3.63) is 64.4 Å². The lowest BCUT2D eigenvalue weighted by Gasteiger charge is -2.15. The van der Waals surface area contributed by atoms with Crippen molar-refractivity contribution in [1.82, 2.24) is 5.32 Å². The topological polar surface area (TPSA) is 21.3 Å². The molecule has 2 rings (SSSR count). The first-order valence-electron chi connectivity index (χ1n) is 7.00. The van der Waals surface area contributed by atoms with Gasteiger partial charge in [0.2, 0.25) is 0 Å². The van der Waals surface area contributed by atoms with E-state index in [1.54, 1.807) is 12.1 Å². The summed E-state index contributed by atoms with van der Waals surface area (Å²) in [7, 11) is 0. The third-order valence-corrected chi connectivity index (χ3v) is 3.57. The fourth-order valence-corrected chi connectivity index (χ4v) is 2.31.